The lowest BCUT2D eigenvalue weighted by Crippen LogP contribution is -2.50. The second-order valence-corrected chi connectivity index (χ2v) is 7.49. The van der Waals surface area contributed by atoms with Crippen molar-refractivity contribution in [2.75, 3.05) is 49.9 Å². The average molecular weight is 450 g/mol. The first-order chi connectivity index (χ1) is 14.8. The van der Waals surface area contributed by atoms with E-state index in [0.717, 1.165) is 0 Å². The molecular weight excluding hydrogens is 429 g/mol. The number of anilines is 2. The van der Waals surface area contributed by atoms with E-state index in [0.29, 0.717) is 37.6 Å². The lowest BCUT2D eigenvalue weighted by Gasteiger charge is -2.33. The molecule has 1 saturated heterocycles. The molecule has 0 aromatic heterocycles. The number of carbonyl (C=O) groups excluding carboxylic acids is 2. The third kappa shape index (κ3) is 6.71. The predicted octanol–water partition coefficient (Wildman–Crippen LogP) is 2.58. The van der Waals surface area contributed by atoms with E-state index in [1.807, 2.05) is 9.80 Å². The molecule has 164 valence electrons. The van der Waals surface area contributed by atoms with Crippen molar-refractivity contribution in [3.63, 3.8) is 0 Å². The van der Waals surface area contributed by atoms with Gasteiger partial charge in [0.05, 0.1) is 18.0 Å². The number of hydrogen-bond donors (Lipinski definition) is 2. The Morgan fingerprint density at radius 1 is 0.935 bits per heavy atom. The number of nitrogens with one attached hydrogen (secondary N) is 2. The molecule has 0 bridgehead atoms. The second kappa shape index (κ2) is 10.3. The molecule has 0 spiro atoms. The van der Waals surface area contributed by atoms with Crippen LogP contribution in [0.15, 0.2) is 42.5 Å². The molecule has 2 aromatic rings. The largest absolute Gasteiger partial charge is 0.325 e. The Hall–Kier alpha value is -3.08. The summed E-state index contributed by atoms with van der Waals surface area (Å²) in [5.74, 6) is -0.853. The van der Waals surface area contributed by atoms with Crippen molar-refractivity contribution in [3.05, 3.63) is 63.4 Å². The highest BCUT2D eigenvalue weighted by Crippen LogP contribution is 2.27. The first kappa shape index (κ1) is 22.6. The Balaban J connectivity index is 1.42. The number of piperazine rings is 1. The lowest BCUT2D eigenvalue weighted by atomic mass is 10.2. The van der Waals surface area contributed by atoms with Crippen LogP contribution in [0.25, 0.3) is 0 Å². The van der Waals surface area contributed by atoms with Crippen LogP contribution in [-0.4, -0.2) is 65.8 Å². The molecule has 0 radical (unpaired) electrons. The molecule has 0 aliphatic carbocycles. The zero-order valence-electron chi connectivity index (χ0n) is 16.5. The number of nitrogens with zero attached hydrogens (tertiary/aromatic N) is 3. The predicted molar refractivity (Wildman–Crippen MR) is 115 cm³/mol. The Labute approximate surface area is 182 Å². The fourth-order valence-corrected chi connectivity index (χ4v) is 3.36. The van der Waals surface area contributed by atoms with Crippen molar-refractivity contribution in [2.45, 2.75) is 0 Å². The number of rotatable bonds is 7. The SMILES string of the molecule is O=C(CN1CCN(CC(=O)Nc2ccc(Cl)c([N+](=O)[O-])c2)CC1)Nc1ccc(F)cc1. The third-order valence-corrected chi connectivity index (χ3v) is 5.07. The summed E-state index contributed by atoms with van der Waals surface area (Å²) < 4.78 is 12.9. The minimum Gasteiger partial charge on any atom is -0.325 e. The summed E-state index contributed by atoms with van der Waals surface area (Å²) in [7, 11) is 0. The fourth-order valence-electron chi connectivity index (χ4n) is 3.18. The van der Waals surface area contributed by atoms with Gasteiger partial charge in [0.2, 0.25) is 11.8 Å². The smallest absolute Gasteiger partial charge is 0.289 e. The summed E-state index contributed by atoms with van der Waals surface area (Å²) in [6.07, 6.45) is 0. The molecule has 3 rings (SSSR count). The number of benzene rings is 2. The molecule has 9 nitrogen and oxygen atoms in total. The van der Waals surface area contributed by atoms with Gasteiger partial charge in [0.25, 0.3) is 5.69 Å². The van der Waals surface area contributed by atoms with Crippen LogP contribution in [0, 0.1) is 15.9 Å². The quantitative estimate of drug-likeness (QED) is 0.497. The molecule has 2 N–H and O–H groups in total. The zero-order valence-corrected chi connectivity index (χ0v) is 17.3. The van der Waals surface area contributed by atoms with Gasteiger partial charge in [-0.05, 0) is 36.4 Å². The van der Waals surface area contributed by atoms with Crippen molar-refractivity contribution in [1.29, 1.82) is 0 Å². The monoisotopic (exact) mass is 449 g/mol. The van der Waals surface area contributed by atoms with Crippen LogP contribution < -0.4 is 10.6 Å². The maximum atomic E-state index is 12.9. The summed E-state index contributed by atoms with van der Waals surface area (Å²) in [6, 6.07) is 9.65. The van der Waals surface area contributed by atoms with Crippen molar-refractivity contribution < 1.29 is 18.9 Å². The van der Waals surface area contributed by atoms with E-state index in [9.17, 15) is 24.1 Å². The molecule has 1 fully saturated rings. The van der Waals surface area contributed by atoms with Gasteiger partial charge in [0.1, 0.15) is 10.8 Å². The number of halogens is 2. The van der Waals surface area contributed by atoms with Crippen LogP contribution >= 0.6 is 11.6 Å². The molecule has 2 aromatic carbocycles. The van der Waals surface area contributed by atoms with Crippen LogP contribution in [-0.2, 0) is 9.59 Å². The number of nitro benzene ring substituents is 1. The Kier molecular flexibility index (Phi) is 7.50. The first-order valence-corrected chi connectivity index (χ1v) is 9.92. The van der Waals surface area contributed by atoms with Crippen LogP contribution in [0.2, 0.25) is 5.02 Å². The molecular formula is C20H21ClFN5O4. The van der Waals surface area contributed by atoms with Gasteiger partial charge >= 0.3 is 0 Å². The molecule has 11 heteroatoms. The van der Waals surface area contributed by atoms with Gasteiger partial charge in [0.15, 0.2) is 0 Å². The number of nitro groups is 1. The fraction of sp³-hybridized carbons (Fsp3) is 0.300. The standard InChI is InChI=1S/C20H21ClFN5O4/c21-17-6-5-16(11-18(17)27(30)31)24-20(29)13-26-9-7-25(8-10-26)12-19(28)23-15-3-1-14(22)2-4-15/h1-6,11H,7-10,12-13H2,(H,23,28)(H,24,29). The van der Waals surface area contributed by atoms with Gasteiger partial charge < -0.3 is 10.6 Å². The van der Waals surface area contributed by atoms with Gasteiger partial charge in [0, 0.05) is 43.6 Å². The molecule has 1 aliphatic rings. The summed E-state index contributed by atoms with van der Waals surface area (Å²) in [5, 5.41) is 16.3. The maximum absolute atomic E-state index is 12.9. The van der Waals surface area contributed by atoms with Gasteiger partial charge in [-0.1, -0.05) is 11.6 Å². The molecule has 0 atom stereocenters. The van der Waals surface area contributed by atoms with Gasteiger partial charge in [-0.2, -0.15) is 0 Å². The van der Waals surface area contributed by atoms with E-state index < -0.39 is 4.92 Å². The Morgan fingerprint density at radius 3 is 1.94 bits per heavy atom. The van der Waals surface area contributed by atoms with E-state index >= 15 is 0 Å². The Morgan fingerprint density at radius 2 is 1.42 bits per heavy atom. The maximum Gasteiger partial charge on any atom is 0.289 e. The van der Waals surface area contributed by atoms with Crippen LogP contribution in [0.3, 0.4) is 0 Å². The summed E-state index contributed by atoms with van der Waals surface area (Å²) >= 11 is 5.77. The molecule has 1 heterocycles. The minimum atomic E-state index is -0.608. The van der Waals surface area contributed by atoms with E-state index in [-0.39, 0.29) is 41.4 Å². The zero-order chi connectivity index (χ0) is 22.4. The minimum absolute atomic E-state index is 0.00239. The van der Waals surface area contributed by atoms with E-state index in [1.165, 1.54) is 42.5 Å². The Bertz CT molecular complexity index is 965. The normalized spacial score (nSPS) is 14.8. The van der Waals surface area contributed by atoms with E-state index in [4.69, 9.17) is 11.6 Å². The van der Waals surface area contributed by atoms with E-state index in [1.54, 1.807) is 0 Å². The topological polar surface area (TPSA) is 108 Å². The van der Waals surface area contributed by atoms with Crippen molar-refractivity contribution in [3.8, 4) is 0 Å². The average Bonchev–Trinajstić information content (AvgIpc) is 2.72. The summed E-state index contributed by atoms with van der Waals surface area (Å²) in [5.41, 5.74) is 0.563. The van der Waals surface area contributed by atoms with Crippen molar-refractivity contribution >= 4 is 40.5 Å². The molecule has 0 unspecified atom stereocenters. The van der Waals surface area contributed by atoms with Gasteiger partial charge in [-0.25, -0.2) is 4.39 Å². The lowest BCUT2D eigenvalue weighted by molar-refractivity contribution is -0.384. The highest BCUT2D eigenvalue weighted by Gasteiger charge is 2.21. The molecule has 0 saturated carbocycles. The van der Waals surface area contributed by atoms with Gasteiger partial charge in [-0.15, -0.1) is 0 Å². The van der Waals surface area contributed by atoms with Crippen molar-refractivity contribution in [2.24, 2.45) is 0 Å². The van der Waals surface area contributed by atoms with Gasteiger partial charge in [-0.3, -0.25) is 29.5 Å². The van der Waals surface area contributed by atoms with E-state index in [2.05, 4.69) is 10.6 Å². The molecule has 31 heavy (non-hydrogen) atoms. The number of carbonyl (C=O) groups is 2. The van der Waals surface area contributed by atoms with Crippen molar-refractivity contribution in [1.82, 2.24) is 9.80 Å². The highest BCUT2D eigenvalue weighted by molar-refractivity contribution is 6.32. The van der Waals surface area contributed by atoms with Crippen LogP contribution in [0.4, 0.5) is 21.5 Å². The summed E-state index contributed by atoms with van der Waals surface area (Å²) in [4.78, 5) is 38.7. The number of hydrogen-bond acceptors (Lipinski definition) is 6. The first-order valence-electron chi connectivity index (χ1n) is 9.54. The second-order valence-electron chi connectivity index (χ2n) is 7.08. The van der Waals surface area contributed by atoms with Crippen LogP contribution in [0.5, 0.6) is 0 Å². The number of amides is 2. The molecule has 1 aliphatic heterocycles. The highest BCUT2D eigenvalue weighted by atomic mass is 35.5. The summed E-state index contributed by atoms with van der Waals surface area (Å²) in [6.45, 7) is 2.74. The molecule has 2 amide bonds. The van der Waals surface area contributed by atoms with Crippen LogP contribution in [0.1, 0.15) is 0 Å². The third-order valence-electron chi connectivity index (χ3n) is 4.75.